The molecule has 0 heterocycles. The van der Waals surface area contributed by atoms with Crippen molar-refractivity contribution in [2.45, 2.75) is 107 Å². The van der Waals surface area contributed by atoms with Crippen LogP contribution in [-0.4, -0.2) is 18.0 Å². The lowest BCUT2D eigenvalue weighted by Gasteiger charge is -2.26. The lowest BCUT2D eigenvalue weighted by molar-refractivity contribution is -0.120. The second-order valence-corrected chi connectivity index (χ2v) is 11.6. The predicted octanol–water partition coefficient (Wildman–Crippen LogP) is 10.4. The molecule has 0 aromatic heterocycles. The zero-order valence-corrected chi connectivity index (χ0v) is 26.3. The Bertz CT molecular complexity index is 1140. The predicted molar refractivity (Wildman–Crippen MR) is 180 cm³/mol. The monoisotopic (exact) mass is 558 g/mol. The first kappa shape index (κ1) is 36.3. The van der Waals surface area contributed by atoms with Gasteiger partial charge < -0.3 is 5.11 Å². The van der Waals surface area contributed by atoms with E-state index in [2.05, 4.69) is 80.6 Å². The molecular formula is C39H58O2. The molecule has 0 bridgehead atoms. The number of carbonyl (C=O) groups excluding carboxylic acids is 1. The van der Waals surface area contributed by atoms with E-state index >= 15 is 0 Å². The van der Waals surface area contributed by atoms with Crippen molar-refractivity contribution in [2.24, 2.45) is 17.8 Å². The van der Waals surface area contributed by atoms with Crippen LogP contribution >= 0.6 is 0 Å². The highest BCUT2D eigenvalue weighted by atomic mass is 16.2. The number of aliphatic hydroxyl groups is 1. The Morgan fingerprint density at radius 2 is 1.46 bits per heavy atom. The topological polar surface area (TPSA) is 37.3 Å². The van der Waals surface area contributed by atoms with E-state index in [0.717, 1.165) is 44.6 Å². The quantitative estimate of drug-likeness (QED) is 0.269. The minimum absolute atomic E-state index is 0. The molecule has 1 saturated carbocycles. The third-order valence-corrected chi connectivity index (χ3v) is 8.28. The maximum Gasteiger partial charge on any atom is 0.132 e. The Morgan fingerprint density at radius 1 is 0.829 bits per heavy atom. The molecule has 1 fully saturated rings. The van der Waals surface area contributed by atoms with E-state index in [1.165, 1.54) is 71.0 Å². The number of aryl methyl sites for hydroxylation is 2. The van der Waals surface area contributed by atoms with Gasteiger partial charge in [0, 0.05) is 13.0 Å². The molecule has 1 N–H and O–H groups in total. The van der Waals surface area contributed by atoms with Gasteiger partial charge >= 0.3 is 0 Å². The summed E-state index contributed by atoms with van der Waals surface area (Å²) in [5.41, 5.74) is 9.57. The number of benzene rings is 3. The van der Waals surface area contributed by atoms with Crippen molar-refractivity contribution in [3.8, 4) is 11.1 Å². The minimum Gasteiger partial charge on any atom is -0.400 e. The highest BCUT2D eigenvalue weighted by Crippen LogP contribution is 2.31. The zero-order valence-electron chi connectivity index (χ0n) is 26.3. The van der Waals surface area contributed by atoms with Crippen molar-refractivity contribution in [2.75, 3.05) is 7.11 Å². The summed E-state index contributed by atoms with van der Waals surface area (Å²) in [6.07, 6.45) is 10.8. The van der Waals surface area contributed by atoms with Crippen LogP contribution < -0.4 is 0 Å². The lowest BCUT2D eigenvalue weighted by Crippen LogP contribution is -2.14. The van der Waals surface area contributed by atoms with Gasteiger partial charge in [-0.1, -0.05) is 120 Å². The first-order valence-corrected chi connectivity index (χ1v) is 15.6. The smallest absolute Gasteiger partial charge is 0.132 e. The van der Waals surface area contributed by atoms with E-state index in [0.29, 0.717) is 5.78 Å². The summed E-state index contributed by atoms with van der Waals surface area (Å²) in [4.78, 5) is 11.5. The largest absolute Gasteiger partial charge is 0.400 e. The van der Waals surface area contributed by atoms with Crippen molar-refractivity contribution >= 4 is 5.78 Å². The Morgan fingerprint density at radius 3 is 2.10 bits per heavy atom. The molecule has 3 aromatic rings. The van der Waals surface area contributed by atoms with E-state index in [4.69, 9.17) is 5.11 Å². The maximum atomic E-state index is 11.5. The highest BCUT2D eigenvalue weighted by molar-refractivity contribution is 5.77. The van der Waals surface area contributed by atoms with Crippen LogP contribution in [0.1, 0.15) is 108 Å². The van der Waals surface area contributed by atoms with E-state index in [9.17, 15) is 4.79 Å². The van der Waals surface area contributed by atoms with Crippen molar-refractivity contribution in [3.63, 3.8) is 0 Å². The molecule has 2 heteroatoms. The van der Waals surface area contributed by atoms with Gasteiger partial charge in [0.05, 0.1) is 0 Å². The van der Waals surface area contributed by atoms with Gasteiger partial charge in [-0.2, -0.15) is 0 Å². The fourth-order valence-corrected chi connectivity index (χ4v) is 5.81. The van der Waals surface area contributed by atoms with E-state index in [-0.39, 0.29) is 13.3 Å². The summed E-state index contributed by atoms with van der Waals surface area (Å²) in [6, 6.07) is 25.3. The van der Waals surface area contributed by atoms with Crippen LogP contribution in [0, 0.1) is 24.7 Å². The molecule has 4 rings (SSSR count). The summed E-state index contributed by atoms with van der Waals surface area (Å²) >= 11 is 0. The van der Waals surface area contributed by atoms with Gasteiger partial charge in [0.1, 0.15) is 5.78 Å². The van der Waals surface area contributed by atoms with Gasteiger partial charge in [0.2, 0.25) is 0 Å². The molecule has 226 valence electrons. The standard InChI is InChI=1S/C35H44O.C2H6.CH4O.CH4/c1-25-11-13-29(14-12-25)21-32-9-6-10-35(24-32)34-17-15-30(16-18-34)22-33-20-26(2)19-31(23-33)8-5-7-27(3)28(4)36;2*1-2;/h6,9-10,15-20,23-25,27,29H,5,7-8,11-14,21-22H2,1-4H3;1-2H3;2H,1H3;1H4. The molecule has 1 aliphatic carbocycles. The van der Waals surface area contributed by atoms with Crippen LogP contribution in [0.4, 0.5) is 0 Å². The molecular weight excluding hydrogens is 500 g/mol. The Balaban J connectivity index is 0.00000161. The number of Topliss-reactive ketones (excluding diaryl/α,β-unsaturated/α-hetero) is 1. The van der Waals surface area contributed by atoms with E-state index in [1.807, 2.05) is 20.8 Å². The summed E-state index contributed by atoms with van der Waals surface area (Å²) in [7, 11) is 1.00. The Hall–Kier alpha value is -2.71. The molecule has 0 radical (unpaired) electrons. The lowest BCUT2D eigenvalue weighted by atomic mass is 9.80. The molecule has 2 nitrogen and oxygen atoms in total. The average molecular weight is 559 g/mol. The van der Waals surface area contributed by atoms with E-state index < -0.39 is 0 Å². The zero-order chi connectivity index (χ0) is 29.5. The fraction of sp³-hybridized carbons (Fsp3) is 0.513. The van der Waals surface area contributed by atoms with Crippen molar-refractivity contribution < 1.29 is 9.90 Å². The molecule has 1 unspecified atom stereocenters. The molecule has 0 spiro atoms. The van der Waals surface area contributed by atoms with Crippen molar-refractivity contribution in [1.29, 1.82) is 0 Å². The third-order valence-electron chi connectivity index (χ3n) is 8.28. The number of ketones is 1. The first-order chi connectivity index (χ1) is 19.4. The fourth-order valence-electron chi connectivity index (χ4n) is 5.81. The number of rotatable bonds is 10. The Kier molecular flexibility index (Phi) is 17.2. The van der Waals surface area contributed by atoms with Crippen LogP contribution in [0.25, 0.3) is 11.1 Å². The van der Waals surface area contributed by atoms with Gasteiger partial charge in [-0.25, -0.2) is 0 Å². The average Bonchev–Trinajstić information content (AvgIpc) is 2.96. The van der Waals surface area contributed by atoms with Gasteiger partial charge in [-0.3, -0.25) is 4.79 Å². The molecule has 1 atom stereocenters. The maximum absolute atomic E-state index is 11.5. The van der Waals surface area contributed by atoms with Crippen LogP contribution in [-0.2, 0) is 24.1 Å². The number of carbonyl (C=O) groups is 1. The van der Waals surface area contributed by atoms with Gasteiger partial charge in [0.25, 0.3) is 0 Å². The second kappa shape index (κ2) is 19.4. The summed E-state index contributed by atoms with van der Waals surface area (Å²) in [5.74, 6) is 2.24. The minimum atomic E-state index is 0. The molecule has 0 amide bonds. The summed E-state index contributed by atoms with van der Waals surface area (Å²) in [6.45, 7) is 12.3. The number of aliphatic hydroxyl groups excluding tert-OH is 1. The molecule has 3 aromatic carbocycles. The second-order valence-electron chi connectivity index (χ2n) is 11.6. The third kappa shape index (κ3) is 12.4. The summed E-state index contributed by atoms with van der Waals surface area (Å²) < 4.78 is 0. The van der Waals surface area contributed by atoms with E-state index in [1.54, 1.807) is 6.92 Å². The highest BCUT2D eigenvalue weighted by Gasteiger charge is 2.18. The molecule has 0 saturated heterocycles. The normalized spacial score (nSPS) is 16.7. The van der Waals surface area contributed by atoms with Gasteiger partial charge in [-0.15, -0.1) is 0 Å². The Labute approximate surface area is 252 Å². The van der Waals surface area contributed by atoms with Crippen molar-refractivity contribution in [3.05, 3.63) is 94.5 Å². The molecule has 0 aliphatic heterocycles. The first-order valence-electron chi connectivity index (χ1n) is 15.6. The van der Waals surface area contributed by atoms with Crippen LogP contribution in [0.5, 0.6) is 0 Å². The molecule has 1 aliphatic rings. The van der Waals surface area contributed by atoms with Crippen LogP contribution in [0.2, 0.25) is 0 Å². The van der Waals surface area contributed by atoms with Crippen LogP contribution in [0.3, 0.4) is 0 Å². The van der Waals surface area contributed by atoms with Crippen LogP contribution in [0.15, 0.2) is 66.7 Å². The number of hydrogen-bond donors (Lipinski definition) is 1. The van der Waals surface area contributed by atoms with Gasteiger partial charge in [0.15, 0.2) is 0 Å². The van der Waals surface area contributed by atoms with Gasteiger partial charge in [-0.05, 0) is 104 Å². The number of hydrogen-bond acceptors (Lipinski definition) is 2. The SMILES string of the molecule is C.CC.CC(=O)C(C)CCCc1cc(C)cc(Cc2ccc(-c3cccc(CC4CCC(C)CC4)c3)cc2)c1.CO. The molecule has 41 heavy (non-hydrogen) atoms. The summed E-state index contributed by atoms with van der Waals surface area (Å²) in [5, 5.41) is 7.00. The van der Waals surface area contributed by atoms with Crippen molar-refractivity contribution in [1.82, 2.24) is 0 Å².